The highest BCUT2D eigenvalue weighted by atomic mass is 16.5. The molecular weight excluding hydrogens is 220 g/mol. The van der Waals surface area contributed by atoms with E-state index in [1.807, 2.05) is 29.9 Å². The molecule has 1 rings (SSSR count). The monoisotopic (exact) mass is 242 g/mol. The van der Waals surface area contributed by atoms with E-state index in [-0.39, 0.29) is 6.61 Å². The Morgan fingerprint density at radius 1 is 1.47 bits per heavy atom. The summed E-state index contributed by atoms with van der Waals surface area (Å²) in [5.41, 5.74) is 1.03. The molecule has 0 bridgehead atoms. The molecule has 0 aliphatic heterocycles. The Morgan fingerprint density at radius 3 is 2.82 bits per heavy atom. The number of ether oxygens (including phenoxy) is 1. The number of aliphatic hydroxyl groups is 1. The van der Waals surface area contributed by atoms with E-state index in [0.29, 0.717) is 19.8 Å². The first-order valence-corrected chi connectivity index (χ1v) is 5.86. The van der Waals surface area contributed by atoms with Crippen LogP contribution in [0.3, 0.4) is 0 Å². The van der Waals surface area contributed by atoms with Crippen molar-refractivity contribution in [2.75, 3.05) is 50.7 Å². The molecule has 0 amide bonds. The zero-order chi connectivity index (χ0) is 12.7. The summed E-state index contributed by atoms with van der Waals surface area (Å²) >= 11 is 0. The summed E-state index contributed by atoms with van der Waals surface area (Å²) in [7, 11) is 3.98. The molecule has 1 heterocycles. The molecule has 0 spiro atoms. The molecule has 0 aromatic carbocycles. The number of nitrogens with zero attached hydrogens (tertiary/aromatic N) is 3. The van der Waals surface area contributed by atoms with E-state index in [1.165, 1.54) is 0 Å². The van der Waals surface area contributed by atoms with Gasteiger partial charge in [0.25, 0.3) is 0 Å². The average Bonchev–Trinajstić information content (AvgIpc) is 2.68. The van der Waals surface area contributed by atoms with Gasteiger partial charge in [0.2, 0.25) is 0 Å². The normalized spacial score (nSPS) is 10.6. The molecule has 1 aromatic heterocycles. The van der Waals surface area contributed by atoms with E-state index in [4.69, 9.17) is 9.84 Å². The minimum Gasteiger partial charge on any atom is -0.394 e. The van der Waals surface area contributed by atoms with Crippen LogP contribution >= 0.6 is 0 Å². The number of anilines is 2. The molecule has 0 saturated carbocycles. The lowest BCUT2D eigenvalue weighted by molar-refractivity contribution is 0.0856. The number of rotatable bonds is 8. The smallest absolute Gasteiger partial charge is 0.150 e. The third-order valence-corrected chi connectivity index (χ3v) is 2.29. The molecule has 1 aromatic rings. The van der Waals surface area contributed by atoms with Gasteiger partial charge in [0.1, 0.15) is 5.82 Å². The Hall–Kier alpha value is -1.27. The van der Waals surface area contributed by atoms with Gasteiger partial charge in [0.15, 0.2) is 0 Å². The summed E-state index contributed by atoms with van der Waals surface area (Å²) in [6.45, 7) is 4.59. The van der Waals surface area contributed by atoms with Crippen molar-refractivity contribution >= 4 is 11.5 Å². The Kier molecular flexibility index (Phi) is 5.79. The lowest BCUT2D eigenvalue weighted by Gasteiger charge is -2.17. The standard InChI is InChI=1S/C11H22N4O2/c1-4-12-10-9-13-15(11(10)14(2)3)5-7-17-8-6-16/h9,12,16H,4-8H2,1-3H3. The van der Waals surface area contributed by atoms with Crippen LogP contribution < -0.4 is 10.2 Å². The maximum atomic E-state index is 8.61. The Morgan fingerprint density at radius 2 is 2.24 bits per heavy atom. The molecule has 0 atom stereocenters. The maximum Gasteiger partial charge on any atom is 0.150 e. The van der Waals surface area contributed by atoms with Gasteiger partial charge in [-0.1, -0.05) is 0 Å². The second-order valence-corrected chi connectivity index (χ2v) is 3.87. The van der Waals surface area contributed by atoms with Gasteiger partial charge in [-0.05, 0) is 6.92 Å². The highest BCUT2D eigenvalue weighted by molar-refractivity contribution is 5.64. The molecule has 6 heteroatoms. The van der Waals surface area contributed by atoms with Crippen LogP contribution in [-0.2, 0) is 11.3 Å². The first-order valence-electron chi connectivity index (χ1n) is 5.86. The van der Waals surface area contributed by atoms with Crippen molar-refractivity contribution in [2.24, 2.45) is 0 Å². The number of hydrogen-bond acceptors (Lipinski definition) is 5. The molecule has 17 heavy (non-hydrogen) atoms. The molecule has 0 aliphatic rings. The van der Waals surface area contributed by atoms with Crippen LogP contribution in [0.4, 0.5) is 11.5 Å². The fourth-order valence-corrected chi connectivity index (χ4v) is 1.65. The SMILES string of the molecule is CCNc1cnn(CCOCCO)c1N(C)C. The van der Waals surface area contributed by atoms with Gasteiger partial charge < -0.3 is 20.1 Å². The van der Waals surface area contributed by atoms with Crippen molar-refractivity contribution in [3.8, 4) is 0 Å². The lowest BCUT2D eigenvalue weighted by atomic mass is 10.4. The quantitative estimate of drug-likeness (QED) is 0.646. The summed E-state index contributed by atoms with van der Waals surface area (Å²) in [5, 5.41) is 16.2. The van der Waals surface area contributed by atoms with Crippen molar-refractivity contribution in [3.05, 3.63) is 6.20 Å². The molecule has 0 radical (unpaired) electrons. The predicted octanol–water partition coefficient (Wildman–Crippen LogP) is 0.390. The van der Waals surface area contributed by atoms with E-state index in [9.17, 15) is 0 Å². The largest absolute Gasteiger partial charge is 0.394 e. The van der Waals surface area contributed by atoms with Gasteiger partial charge >= 0.3 is 0 Å². The van der Waals surface area contributed by atoms with Crippen molar-refractivity contribution in [1.82, 2.24) is 9.78 Å². The minimum absolute atomic E-state index is 0.0578. The fourth-order valence-electron chi connectivity index (χ4n) is 1.65. The third-order valence-electron chi connectivity index (χ3n) is 2.29. The summed E-state index contributed by atoms with van der Waals surface area (Å²) < 4.78 is 7.14. The van der Waals surface area contributed by atoms with Crippen molar-refractivity contribution < 1.29 is 9.84 Å². The second kappa shape index (κ2) is 7.13. The molecule has 98 valence electrons. The van der Waals surface area contributed by atoms with E-state index < -0.39 is 0 Å². The van der Waals surface area contributed by atoms with Gasteiger partial charge in [0.05, 0.1) is 38.2 Å². The Labute approximate surface area is 102 Å². The molecule has 0 unspecified atom stereocenters. The summed E-state index contributed by atoms with van der Waals surface area (Å²) in [4.78, 5) is 2.02. The summed E-state index contributed by atoms with van der Waals surface area (Å²) in [6, 6.07) is 0. The van der Waals surface area contributed by atoms with Crippen molar-refractivity contribution in [3.63, 3.8) is 0 Å². The number of aromatic nitrogens is 2. The van der Waals surface area contributed by atoms with Gasteiger partial charge in [-0.15, -0.1) is 0 Å². The highest BCUT2D eigenvalue weighted by Crippen LogP contribution is 2.23. The molecule has 0 saturated heterocycles. The number of hydrogen-bond donors (Lipinski definition) is 2. The summed E-state index contributed by atoms with van der Waals surface area (Å²) in [5.74, 6) is 1.04. The van der Waals surface area contributed by atoms with E-state index in [0.717, 1.165) is 18.1 Å². The van der Waals surface area contributed by atoms with E-state index in [1.54, 1.807) is 0 Å². The average molecular weight is 242 g/mol. The van der Waals surface area contributed by atoms with Crippen LogP contribution in [0.1, 0.15) is 6.92 Å². The van der Waals surface area contributed by atoms with Crippen molar-refractivity contribution in [1.29, 1.82) is 0 Å². The molecule has 2 N–H and O–H groups in total. The topological polar surface area (TPSA) is 62.6 Å². The first kappa shape index (κ1) is 13.8. The lowest BCUT2D eigenvalue weighted by Crippen LogP contribution is -2.19. The zero-order valence-corrected chi connectivity index (χ0v) is 10.8. The zero-order valence-electron chi connectivity index (χ0n) is 10.8. The van der Waals surface area contributed by atoms with Gasteiger partial charge in [-0.25, -0.2) is 4.68 Å². The van der Waals surface area contributed by atoms with E-state index in [2.05, 4.69) is 17.3 Å². The summed E-state index contributed by atoms with van der Waals surface area (Å²) in [6.07, 6.45) is 1.82. The number of aliphatic hydroxyl groups excluding tert-OH is 1. The fraction of sp³-hybridized carbons (Fsp3) is 0.727. The second-order valence-electron chi connectivity index (χ2n) is 3.87. The van der Waals surface area contributed by atoms with E-state index >= 15 is 0 Å². The van der Waals surface area contributed by atoms with Crippen molar-refractivity contribution in [2.45, 2.75) is 13.5 Å². The van der Waals surface area contributed by atoms with Crippen LogP contribution in [0, 0.1) is 0 Å². The van der Waals surface area contributed by atoms with Crippen LogP contribution in [-0.4, -0.2) is 55.3 Å². The molecule has 0 aliphatic carbocycles. The highest BCUT2D eigenvalue weighted by Gasteiger charge is 2.11. The van der Waals surface area contributed by atoms with Crippen LogP contribution in [0.15, 0.2) is 6.20 Å². The molecular formula is C11H22N4O2. The maximum absolute atomic E-state index is 8.61. The van der Waals surface area contributed by atoms with Gasteiger partial charge in [-0.2, -0.15) is 5.10 Å². The van der Waals surface area contributed by atoms with Crippen LogP contribution in [0.5, 0.6) is 0 Å². The number of nitrogens with one attached hydrogen (secondary N) is 1. The molecule has 6 nitrogen and oxygen atoms in total. The predicted molar refractivity (Wildman–Crippen MR) is 68.6 cm³/mol. The van der Waals surface area contributed by atoms with Crippen LogP contribution in [0.2, 0.25) is 0 Å². The van der Waals surface area contributed by atoms with Gasteiger partial charge in [0, 0.05) is 20.6 Å². The molecule has 0 fully saturated rings. The first-order chi connectivity index (χ1) is 8.20. The van der Waals surface area contributed by atoms with Crippen LogP contribution in [0.25, 0.3) is 0 Å². The minimum atomic E-state index is 0.0578. The Balaban J connectivity index is 2.64. The Bertz CT molecular complexity index is 325. The third kappa shape index (κ3) is 3.90. The van der Waals surface area contributed by atoms with Gasteiger partial charge in [-0.3, -0.25) is 0 Å².